The molecule has 0 spiro atoms. The van der Waals surface area contributed by atoms with Gasteiger partial charge in [-0.05, 0) is 23.8 Å². The lowest BCUT2D eigenvalue weighted by molar-refractivity contribution is 0.339. The van der Waals surface area contributed by atoms with Gasteiger partial charge in [0.05, 0.1) is 0 Å². The Morgan fingerprint density at radius 3 is 2.77 bits per heavy atom. The highest BCUT2D eigenvalue weighted by Crippen LogP contribution is 2.19. The molecule has 1 unspecified atom stereocenters. The van der Waals surface area contributed by atoms with Crippen LogP contribution in [0.2, 0.25) is 0 Å². The molecule has 1 rings (SSSR count). The van der Waals surface area contributed by atoms with Crippen LogP contribution in [0.1, 0.15) is 5.56 Å². The Balaban J connectivity index is 2.81. The minimum Gasteiger partial charge on any atom is -0.328 e. The van der Waals surface area contributed by atoms with E-state index in [1.165, 1.54) is 12.1 Å². The molecule has 1 aromatic carbocycles. The first-order chi connectivity index (χ1) is 6.13. The van der Waals surface area contributed by atoms with Crippen molar-refractivity contribution in [3.63, 3.8) is 0 Å². The van der Waals surface area contributed by atoms with Crippen LogP contribution in [0.5, 0.6) is 0 Å². The Labute approximate surface area is 84.1 Å². The zero-order valence-electron chi connectivity index (χ0n) is 6.93. The Hall–Kier alpha value is -0.480. The zero-order chi connectivity index (χ0) is 9.84. The molecule has 4 heteroatoms. The maximum absolute atomic E-state index is 12.9. The van der Waals surface area contributed by atoms with Crippen molar-refractivity contribution < 1.29 is 8.78 Å². The number of alkyl halides is 1. The molecule has 72 valence electrons. The van der Waals surface area contributed by atoms with Gasteiger partial charge >= 0.3 is 0 Å². The van der Waals surface area contributed by atoms with Crippen molar-refractivity contribution in [2.75, 3.05) is 6.54 Å². The Morgan fingerprint density at radius 1 is 1.46 bits per heavy atom. The second-order valence-corrected chi connectivity index (χ2v) is 3.63. The van der Waals surface area contributed by atoms with Gasteiger partial charge in [0, 0.05) is 17.4 Å². The van der Waals surface area contributed by atoms with Crippen LogP contribution in [0.15, 0.2) is 22.7 Å². The fourth-order valence-electron chi connectivity index (χ4n) is 1.02. The Bertz CT molecular complexity index is 291. The lowest BCUT2D eigenvalue weighted by atomic mass is 10.1. The number of benzene rings is 1. The van der Waals surface area contributed by atoms with E-state index >= 15 is 0 Å². The van der Waals surface area contributed by atoms with E-state index in [0.29, 0.717) is 10.0 Å². The van der Waals surface area contributed by atoms with Gasteiger partial charge in [0.2, 0.25) is 0 Å². The van der Waals surface area contributed by atoms with Crippen LogP contribution in [0.3, 0.4) is 0 Å². The molecule has 1 atom stereocenters. The fraction of sp³-hybridized carbons (Fsp3) is 0.333. The van der Waals surface area contributed by atoms with E-state index in [4.69, 9.17) is 5.73 Å². The average molecular weight is 250 g/mol. The zero-order valence-corrected chi connectivity index (χ0v) is 8.52. The summed E-state index contributed by atoms with van der Waals surface area (Å²) in [5, 5.41) is 0. The highest BCUT2D eigenvalue weighted by molar-refractivity contribution is 9.10. The maximum atomic E-state index is 12.9. The smallest absolute Gasteiger partial charge is 0.123 e. The maximum Gasteiger partial charge on any atom is 0.123 e. The molecular weight excluding hydrogens is 240 g/mol. The molecule has 0 fully saturated rings. The van der Waals surface area contributed by atoms with Crippen LogP contribution in [-0.4, -0.2) is 12.7 Å². The minimum absolute atomic E-state index is 0.0387. The van der Waals surface area contributed by atoms with Crippen LogP contribution in [0.25, 0.3) is 0 Å². The van der Waals surface area contributed by atoms with Crippen LogP contribution >= 0.6 is 15.9 Å². The summed E-state index contributed by atoms with van der Waals surface area (Å²) in [5.74, 6) is -0.359. The molecule has 1 nitrogen and oxygen atoms in total. The summed E-state index contributed by atoms with van der Waals surface area (Å²) in [6, 6.07) is 4.20. The molecule has 0 radical (unpaired) electrons. The van der Waals surface area contributed by atoms with E-state index in [-0.39, 0.29) is 18.8 Å². The predicted octanol–water partition coefficient (Wildman–Crippen LogP) is 2.43. The molecule has 0 bridgehead atoms. The number of hydrogen-bond acceptors (Lipinski definition) is 1. The van der Waals surface area contributed by atoms with Gasteiger partial charge in [-0.1, -0.05) is 15.9 Å². The Morgan fingerprint density at radius 2 is 2.15 bits per heavy atom. The third-order valence-electron chi connectivity index (χ3n) is 1.70. The highest BCUT2D eigenvalue weighted by atomic mass is 79.9. The summed E-state index contributed by atoms with van der Waals surface area (Å²) in [5.41, 5.74) is 5.73. The molecule has 0 aliphatic carbocycles. The van der Waals surface area contributed by atoms with Crippen molar-refractivity contribution in [1.29, 1.82) is 0 Å². The first-order valence-electron chi connectivity index (χ1n) is 3.91. The summed E-state index contributed by atoms with van der Waals surface area (Å²) >= 11 is 3.21. The third-order valence-corrected chi connectivity index (χ3v) is 2.48. The van der Waals surface area contributed by atoms with Gasteiger partial charge in [0.25, 0.3) is 0 Å². The van der Waals surface area contributed by atoms with Crippen molar-refractivity contribution in [2.24, 2.45) is 5.73 Å². The van der Waals surface area contributed by atoms with Gasteiger partial charge in [-0.15, -0.1) is 0 Å². The van der Waals surface area contributed by atoms with Crippen LogP contribution in [0, 0.1) is 5.82 Å². The normalized spacial score (nSPS) is 12.9. The first kappa shape index (κ1) is 10.6. The fourth-order valence-corrected chi connectivity index (χ4v) is 1.43. The number of rotatable bonds is 3. The van der Waals surface area contributed by atoms with E-state index < -0.39 is 6.17 Å². The molecule has 0 saturated carbocycles. The average Bonchev–Trinajstić information content (AvgIpc) is 2.11. The second-order valence-electron chi connectivity index (χ2n) is 2.77. The largest absolute Gasteiger partial charge is 0.328 e. The van der Waals surface area contributed by atoms with Crippen LogP contribution in [0.4, 0.5) is 8.78 Å². The Kier molecular flexibility index (Phi) is 3.81. The molecule has 0 aliphatic heterocycles. The third kappa shape index (κ3) is 3.04. The second kappa shape index (κ2) is 4.67. The minimum atomic E-state index is -1.11. The first-order valence-corrected chi connectivity index (χ1v) is 4.71. The summed E-state index contributed by atoms with van der Waals surface area (Å²) in [4.78, 5) is 0. The van der Waals surface area contributed by atoms with Crippen molar-refractivity contribution in [1.82, 2.24) is 0 Å². The SMILES string of the molecule is NCC(F)Cc1cc(F)ccc1Br. The van der Waals surface area contributed by atoms with E-state index in [9.17, 15) is 8.78 Å². The number of halogens is 3. The molecule has 0 amide bonds. The molecule has 2 N–H and O–H groups in total. The van der Waals surface area contributed by atoms with Crippen molar-refractivity contribution in [2.45, 2.75) is 12.6 Å². The van der Waals surface area contributed by atoms with E-state index in [1.807, 2.05) is 0 Å². The highest BCUT2D eigenvalue weighted by Gasteiger charge is 2.08. The summed E-state index contributed by atoms with van der Waals surface area (Å²) in [6.07, 6.45) is -0.965. The molecular formula is C9H10BrF2N. The summed E-state index contributed by atoms with van der Waals surface area (Å²) < 4.78 is 26.3. The summed E-state index contributed by atoms with van der Waals surface area (Å²) in [6.45, 7) is -0.0387. The summed E-state index contributed by atoms with van der Waals surface area (Å²) in [7, 11) is 0. The van der Waals surface area contributed by atoms with Crippen molar-refractivity contribution in [3.8, 4) is 0 Å². The quantitative estimate of drug-likeness (QED) is 0.875. The van der Waals surface area contributed by atoms with Gasteiger partial charge in [-0.25, -0.2) is 8.78 Å². The van der Waals surface area contributed by atoms with E-state index in [1.54, 1.807) is 6.07 Å². The van der Waals surface area contributed by atoms with Crippen molar-refractivity contribution in [3.05, 3.63) is 34.1 Å². The molecule has 0 heterocycles. The van der Waals surface area contributed by atoms with E-state index in [2.05, 4.69) is 15.9 Å². The topological polar surface area (TPSA) is 26.0 Å². The molecule has 1 aromatic rings. The van der Waals surface area contributed by atoms with Gasteiger partial charge in [-0.2, -0.15) is 0 Å². The molecule has 0 aliphatic rings. The lowest BCUT2D eigenvalue weighted by Crippen LogP contribution is -2.17. The number of hydrogen-bond donors (Lipinski definition) is 1. The van der Waals surface area contributed by atoms with Gasteiger partial charge in [0.1, 0.15) is 12.0 Å². The van der Waals surface area contributed by atoms with Crippen LogP contribution < -0.4 is 5.73 Å². The monoisotopic (exact) mass is 249 g/mol. The lowest BCUT2D eigenvalue weighted by Gasteiger charge is -2.07. The molecule has 0 aromatic heterocycles. The van der Waals surface area contributed by atoms with Gasteiger partial charge < -0.3 is 5.73 Å². The van der Waals surface area contributed by atoms with Crippen molar-refractivity contribution >= 4 is 15.9 Å². The number of nitrogens with two attached hydrogens (primary N) is 1. The standard InChI is InChI=1S/C9H10BrF2N/c10-9-2-1-7(11)3-6(9)4-8(12)5-13/h1-3,8H,4-5,13H2. The van der Waals surface area contributed by atoms with E-state index in [0.717, 1.165) is 0 Å². The van der Waals surface area contributed by atoms with Gasteiger partial charge in [-0.3, -0.25) is 0 Å². The van der Waals surface area contributed by atoms with Gasteiger partial charge in [0.15, 0.2) is 0 Å². The molecule has 0 saturated heterocycles. The van der Waals surface area contributed by atoms with Crippen LogP contribution in [-0.2, 0) is 6.42 Å². The molecule has 13 heavy (non-hydrogen) atoms. The predicted molar refractivity (Wildman–Crippen MR) is 51.8 cm³/mol.